The zero-order valence-electron chi connectivity index (χ0n) is 13.2. The van der Waals surface area contributed by atoms with Crippen molar-refractivity contribution in [3.63, 3.8) is 0 Å². The summed E-state index contributed by atoms with van der Waals surface area (Å²) in [5.41, 5.74) is -0.810. The van der Waals surface area contributed by atoms with Crippen molar-refractivity contribution in [2.75, 3.05) is 19.8 Å². The first kappa shape index (κ1) is 17.7. The third-order valence-corrected chi connectivity index (χ3v) is 5.33. The van der Waals surface area contributed by atoms with Crippen molar-refractivity contribution in [1.82, 2.24) is 4.72 Å². The summed E-state index contributed by atoms with van der Waals surface area (Å²) in [6.45, 7) is 4.21. The van der Waals surface area contributed by atoms with E-state index in [9.17, 15) is 18.3 Å². The lowest BCUT2D eigenvalue weighted by Gasteiger charge is -2.33. The second kappa shape index (κ2) is 6.86. The van der Waals surface area contributed by atoms with Gasteiger partial charge in [-0.15, -0.1) is 0 Å². The molecule has 1 aromatic carbocycles. The van der Waals surface area contributed by atoms with Gasteiger partial charge in [0.1, 0.15) is 16.2 Å². The Morgan fingerprint density at radius 1 is 1.39 bits per heavy atom. The predicted molar refractivity (Wildman–Crippen MR) is 83.1 cm³/mol. The molecule has 1 aliphatic rings. The molecule has 1 aliphatic heterocycles. The van der Waals surface area contributed by atoms with Gasteiger partial charge in [-0.1, -0.05) is 6.07 Å². The molecule has 8 heteroatoms. The predicted octanol–water partition coefficient (Wildman–Crippen LogP) is 1.31. The van der Waals surface area contributed by atoms with Crippen LogP contribution in [0.5, 0.6) is 5.75 Å². The molecule has 0 aromatic heterocycles. The van der Waals surface area contributed by atoms with E-state index >= 15 is 0 Å². The Balaban J connectivity index is 2.41. The Bertz CT molecular complexity index is 679. The third-order valence-electron chi connectivity index (χ3n) is 3.77. The van der Waals surface area contributed by atoms with Gasteiger partial charge in [0.05, 0.1) is 6.61 Å². The summed E-state index contributed by atoms with van der Waals surface area (Å²) < 4.78 is 38.4. The molecule has 0 atom stereocenters. The smallest absolute Gasteiger partial charge is 0.325 e. The number of carbonyl (C=O) groups is 1. The Hall–Kier alpha value is -1.64. The zero-order chi connectivity index (χ0) is 17.1. The number of rotatable bonds is 6. The topological polar surface area (TPSA) is 102 Å². The number of hydrogen-bond donors (Lipinski definition) is 2. The SMILES string of the molecule is CCOc1ccc(C)cc1S(=O)(=O)NC1(C(=O)O)CCOCC1. The van der Waals surface area contributed by atoms with Crippen LogP contribution in [0.15, 0.2) is 23.1 Å². The van der Waals surface area contributed by atoms with E-state index in [0.29, 0.717) is 6.61 Å². The summed E-state index contributed by atoms with van der Waals surface area (Å²) in [6.07, 6.45) is 0.161. The van der Waals surface area contributed by atoms with Crippen LogP contribution >= 0.6 is 0 Å². The minimum absolute atomic E-state index is 0.0496. The molecule has 7 nitrogen and oxygen atoms in total. The average Bonchev–Trinajstić information content (AvgIpc) is 2.49. The van der Waals surface area contributed by atoms with E-state index in [-0.39, 0.29) is 36.7 Å². The summed E-state index contributed by atoms with van der Waals surface area (Å²) in [4.78, 5) is 11.6. The Kier molecular flexibility index (Phi) is 5.28. The molecule has 1 heterocycles. The number of ether oxygens (including phenoxy) is 2. The molecule has 1 aromatic rings. The van der Waals surface area contributed by atoms with E-state index in [0.717, 1.165) is 5.56 Å². The molecule has 1 fully saturated rings. The quantitative estimate of drug-likeness (QED) is 0.807. The van der Waals surface area contributed by atoms with Crippen LogP contribution in [0.1, 0.15) is 25.3 Å². The highest BCUT2D eigenvalue weighted by Gasteiger charge is 2.44. The average molecular weight is 343 g/mol. The summed E-state index contributed by atoms with van der Waals surface area (Å²) >= 11 is 0. The van der Waals surface area contributed by atoms with Crippen molar-refractivity contribution in [1.29, 1.82) is 0 Å². The molecule has 0 unspecified atom stereocenters. The van der Waals surface area contributed by atoms with E-state index in [2.05, 4.69) is 4.72 Å². The molecule has 0 aliphatic carbocycles. The molecule has 2 N–H and O–H groups in total. The van der Waals surface area contributed by atoms with Crippen molar-refractivity contribution in [3.8, 4) is 5.75 Å². The molecule has 23 heavy (non-hydrogen) atoms. The van der Waals surface area contributed by atoms with E-state index in [1.165, 1.54) is 6.07 Å². The number of carboxylic acids is 1. The maximum absolute atomic E-state index is 12.8. The highest BCUT2D eigenvalue weighted by molar-refractivity contribution is 7.89. The van der Waals surface area contributed by atoms with Crippen LogP contribution in [0.2, 0.25) is 0 Å². The van der Waals surface area contributed by atoms with Gasteiger partial charge >= 0.3 is 5.97 Å². The molecule has 0 radical (unpaired) electrons. The van der Waals surface area contributed by atoms with Crippen molar-refractivity contribution < 1.29 is 27.8 Å². The number of carboxylic acid groups (broad SMARTS) is 1. The van der Waals surface area contributed by atoms with Gasteiger partial charge in [0, 0.05) is 26.1 Å². The van der Waals surface area contributed by atoms with E-state index < -0.39 is 21.5 Å². The number of aliphatic carboxylic acids is 1. The highest BCUT2D eigenvalue weighted by atomic mass is 32.2. The van der Waals surface area contributed by atoms with Crippen molar-refractivity contribution >= 4 is 16.0 Å². The number of sulfonamides is 1. The van der Waals surface area contributed by atoms with Crippen LogP contribution in [0, 0.1) is 6.92 Å². The van der Waals surface area contributed by atoms with Gasteiger partial charge < -0.3 is 14.6 Å². The van der Waals surface area contributed by atoms with Gasteiger partial charge in [0.2, 0.25) is 10.0 Å². The van der Waals surface area contributed by atoms with Crippen molar-refractivity contribution in [2.45, 2.75) is 37.1 Å². The largest absolute Gasteiger partial charge is 0.492 e. The number of benzene rings is 1. The van der Waals surface area contributed by atoms with Gasteiger partial charge in [-0.3, -0.25) is 4.79 Å². The minimum atomic E-state index is -4.05. The normalized spacial score (nSPS) is 17.7. The fourth-order valence-electron chi connectivity index (χ4n) is 2.49. The maximum atomic E-state index is 12.8. The monoisotopic (exact) mass is 343 g/mol. The second-order valence-electron chi connectivity index (χ2n) is 5.49. The number of aryl methyl sites for hydroxylation is 1. The van der Waals surface area contributed by atoms with Crippen LogP contribution in [-0.4, -0.2) is 44.9 Å². The molecule has 0 spiro atoms. The van der Waals surface area contributed by atoms with Gasteiger partial charge in [-0.2, -0.15) is 4.72 Å². The van der Waals surface area contributed by atoms with E-state index in [1.54, 1.807) is 26.0 Å². The highest BCUT2D eigenvalue weighted by Crippen LogP contribution is 2.29. The van der Waals surface area contributed by atoms with Crippen LogP contribution in [0.4, 0.5) is 0 Å². The Morgan fingerprint density at radius 3 is 2.61 bits per heavy atom. The van der Waals surface area contributed by atoms with Crippen LogP contribution < -0.4 is 9.46 Å². The molecule has 2 rings (SSSR count). The third kappa shape index (κ3) is 3.82. The zero-order valence-corrected chi connectivity index (χ0v) is 14.0. The summed E-state index contributed by atoms with van der Waals surface area (Å²) in [6, 6.07) is 4.79. The molecule has 128 valence electrons. The van der Waals surface area contributed by atoms with Crippen LogP contribution in [0.25, 0.3) is 0 Å². The molecule has 0 amide bonds. The Morgan fingerprint density at radius 2 is 2.04 bits per heavy atom. The van der Waals surface area contributed by atoms with Crippen LogP contribution in [-0.2, 0) is 19.6 Å². The van der Waals surface area contributed by atoms with Crippen LogP contribution in [0.3, 0.4) is 0 Å². The molecule has 0 saturated carbocycles. The van der Waals surface area contributed by atoms with Gasteiger partial charge in [0.15, 0.2) is 0 Å². The lowest BCUT2D eigenvalue weighted by molar-refractivity contribution is -0.147. The van der Waals surface area contributed by atoms with E-state index in [1.807, 2.05) is 0 Å². The summed E-state index contributed by atoms with van der Waals surface area (Å²) in [7, 11) is -4.05. The lowest BCUT2D eigenvalue weighted by atomic mass is 9.92. The van der Waals surface area contributed by atoms with Gasteiger partial charge in [0.25, 0.3) is 0 Å². The van der Waals surface area contributed by atoms with Crippen molar-refractivity contribution in [3.05, 3.63) is 23.8 Å². The Labute approximate surface area is 135 Å². The first-order valence-corrected chi connectivity index (χ1v) is 8.87. The van der Waals surface area contributed by atoms with Gasteiger partial charge in [-0.05, 0) is 31.5 Å². The fraction of sp³-hybridized carbons (Fsp3) is 0.533. The molecular weight excluding hydrogens is 322 g/mol. The summed E-state index contributed by atoms with van der Waals surface area (Å²) in [5, 5.41) is 9.51. The molecule has 0 bridgehead atoms. The second-order valence-corrected chi connectivity index (χ2v) is 7.14. The maximum Gasteiger partial charge on any atom is 0.325 e. The lowest BCUT2D eigenvalue weighted by Crippen LogP contribution is -2.57. The fourth-order valence-corrected chi connectivity index (χ4v) is 4.14. The first-order chi connectivity index (χ1) is 10.8. The van der Waals surface area contributed by atoms with Crippen molar-refractivity contribution in [2.24, 2.45) is 0 Å². The first-order valence-electron chi connectivity index (χ1n) is 7.39. The summed E-state index contributed by atoms with van der Waals surface area (Å²) in [5.74, 6) is -0.992. The molecular formula is C15H21NO6S. The van der Waals surface area contributed by atoms with Gasteiger partial charge in [-0.25, -0.2) is 8.42 Å². The number of nitrogens with one attached hydrogen (secondary N) is 1. The van der Waals surface area contributed by atoms with E-state index in [4.69, 9.17) is 9.47 Å². The standard InChI is InChI=1S/C15H21NO6S/c1-3-22-12-5-4-11(2)10-13(12)23(19,20)16-15(14(17)18)6-8-21-9-7-15/h4-5,10,16H,3,6-9H2,1-2H3,(H,17,18). The minimum Gasteiger partial charge on any atom is -0.492 e. The number of hydrogen-bond acceptors (Lipinski definition) is 5. The molecule has 1 saturated heterocycles.